The van der Waals surface area contributed by atoms with E-state index in [4.69, 9.17) is 80.5 Å². The number of carboxylic acids is 1. The number of nitrogens with one attached hydrogen (secondary N) is 3. The standard InChI is InChI=1S/C60H99N3O49S/c1-12-26(72)33(79)38(84)55(97-12)112-50-49(111-59-42(88)47(30(76)18(7-66)101-59)109-58-40(86)35(81)36(82)48(110-58)51(89)90)44(106-57-41(87)37(83)43(19(8-67)102-57)105-54-25(63-15(4)71)46(29(75)17(6-65)99-54)107-56-39(85)34(80)27(73)16(5-64)100-56)20(9-68)103-60(50)108-45-24(62-14(3)70)52(91)98-21(31(45)77)10-95-53-23(61-13(2)69)32(78)28(74)22(104-53)11-96-113(92,93)94/h12,16-50,52-60,64-68,72-88,91H,5-11H2,1-4H3,(H,61,69)(H,62,70)(H,63,71)(H,89,90)(H,92,93,94)/t12-,16+,17+,18+,19+,20+,21+,22+,23+,24+,25+,26+,27-,28+,29-,30-,31-,32+,33+,34-,35-,36-,37+,38-,39+,40-,41+,42+,43-,44-,45+,46+,47-,48-,49-,50+,52?,53+,54+,55-,56-,57-,58+,59-,60-/m0/s1. The van der Waals surface area contributed by atoms with Gasteiger partial charge in [0.05, 0.1) is 52.4 Å². The summed E-state index contributed by atoms with van der Waals surface area (Å²) in [5, 5.41) is 275. The molecule has 113 heavy (non-hydrogen) atoms. The van der Waals surface area contributed by atoms with Crippen molar-refractivity contribution in [2.75, 3.05) is 46.2 Å². The third kappa shape index (κ3) is 21.0. The number of carboxylic acid groups (broad SMARTS) is 1. The van der Waals surface area contributed by atoms with E-state index in [1.54, 1.807) is 0 Å². The molecule has 0 aromatic rings. The highest BCUT2D eigenvalue weighted by Crippen LogP contribution is 2.42. The predicted octanol–water partition coefficient (Wildman–Crippen LogP) is -19.2. The highest BCUT2D eigenvalue weighted by molar-refractivity contribution is 7.80. The number of amides is 3. The Balaban J connectivity index is 1.11. The van der Waals surface area contributed by atoms with Gasteiger partial charge in [0, 0.05) is 20.8 Å². The fourth-order valence-corrected chi connectivity index (χ4v) is 14.4. The van der Waals surface area contributed by atoms with Gasteiger partial charge >= 0.3 is 16.4 Å². The van der Waals surface area contributed by atoms with Crippen LogP contribution in [0.25, 0.3) is 0 Å². The lowest BCUT2D eigenvalue weighted by molar-refractivity contribution is -0.420. The zero-order valence-corrected chi connectivity index (χ0v) is 60.6. The van der Waals surface area contributed by atoms with Crippen LogP contribution in [0.3, 0.4) is 0 Å². The lowest BCUT2D eigenvalue weighted by Crippen LogP contribution is -2.71. The summed E-state index contributed by atoms with van der Waals surface area (Å²) in [5.74, 6) is -4.82. The Hall–Kier alpha value is -3.85. The second-order valence-corrected chi connectivity index (χ2v) is 29.1. The Morgan fingerprint density at radius 2 is 0.690 bits per heavy atom. The zero-order valence-electron chi connectivity index (χ0n) is 59.8. The van der Waals surface area contributed by atoms with Crippen molar-refractivity contribution in [3.63, 3.8) is 0 Å². The Kier molecular flexibility index (Phi) is 32.6. The molecule has 9 heterocycles. The van der Waals surface area contributed by atoms with Crippen LogP contribution in [0.2, 0.25) is 0 Å². The van der Waals surface area contributed by atoms with Crippen molar-refractivity contribution < 1.29 is 239 Å². The van der Waals surface area contributed by atoms with E-state index in [0.29, 0.717) is 0 Å². The summed E-state index contributed by atoms with van der Waals surface area (Å²) in [7, 11) is -5.25. The van der Waals surface area contributed by atoms with E-state index < -0.39 is 357 Å². The van der Waals surface area contributed by atoms with Crippen molar-refractivity contribution in [2.45, 2.75) is 304 Å². The Bertz CT molecular complexity index is 3180. The smallest absolute Gasteiger partial charge is 0.397 e. The minimum atomic E-state index is -5.25. The minimum Gasteiger partial charge on any atom is -0.479 e. The number of aliphatic hydroxyl groups excluding tert-OH is 23. The molecule has 9 aliphatic heterocycles. The molecule has 0 spiro atoms. The fourth-order valence-electron chi connectivity index (χ4n) is 14.1. The molecule has 9 fully saturated rings. The largest absolute Gasteiger partial charge is 0.479 e. The number of aliphatic hydroxyl groups is 23. The summed E-state index contributed by atoms with van der Waals surface area (Å²) < 4.78 is 138. The molecule has 0 aromatic carbocycles. The zero-order chi connectivity index (χ0) is 83.6. The van der Waals surface area contributed by atoms with Crippen molar-refractivity contribution in [1.82, 2.24) is 16.0 Å². The van der Waals surface area contributed by atoms with E-state index in [0.717, 1.165) is 27.7 Å². The molecular weight excluding hydrogens is 1580 g/mol. The lowest BCUT2D eigenvalue weighted by Gasteiger charge is -2.53. The molecular formula is C60H99N3O49S. The van der Waals surface area contributed by atoms with Crippen molar-refractivity contribution in [3.8, 4) is 0 Å². The predicted molar refractivity (Wildman–Crippen MR) is 341 cm³/mol. The average molecular weight is 1680 g/mol. The summed E-state index contributed by atoms with van der Waals surface area (Å²) in [5.41, 5.74) is 0. The first-order valence-corrected chi connectivity index (χ1v) is 36.5. The Morgan fingerprint density at radius 1 is 0.319 bits per heavy atom. The number of ether oxygens (including phenoxy) is 17. The first kappa shape index (κ1) is 93.0. The van der Waals surface area contributed by atoms with Crippen molar-refractivity contribution in [1.29, 1.82) is 0 Å². The van der Waals surface area contributed by atoms with Gasteiger partial charge in [0.1, 0.15) is 207 Å². The van der Waals surface area contributed by atoms with E-state index in [9.17, 15) is 155 Å². The summed E-state index contributed by atoms with van der Waals surface area (Å²) in [6.45, 7) is -4.54. The number of rotatable bonds is 29. The van der Waals surface area contributed by atoms with Crippen LogP contribution in [0.5, 0.6) is 0 Å². The SMILES string of the molecule is CC(=O)N[C@H]1[C@H](OC[C@H]2OC(O)[C@H](NC(C)=O)[C@@H](O[C@@H]3O[C@H](CO)[C@H](O[C@@H]4O[C@H](CO)[C@H](O[C@H]5O[C@H](CO)[C@H](O)[C@H](O[C@@H]6O[C@H](CO)[C@H](O)[C@H](O)[C@H]6O)[C@H]5NC(C)=O)[C@H](O)[C@H]4O)[C@H](O[C@@H]4O[C@H](CO)[C@H](O)[C@H](O[C@@H]5O[C@H](C(=O)O)[C@@H](O)[C@H](O)[C@@H]5O)[C@H]4O)[C@H]3O[C@@H]3O[C@@H](C)[C@@H](O)[C@@H](O)[C@@H]3O)[C@H]2O)O[C@H](COS(=O)(=O)O)[C@@H](O)[C@@H]1O. The normalized spacial score (nSPS) is 48.8. The van der Waals surface area contributed by atoms with Gasteiger partial charge in [-0.05, 0) is 6.92 Å². The van der Waals surface area contributed by atoms with Crippen LogP contribution in [0.1, 0.15) is 27.7 Å². The van der Waals surface area contributed by atoms with Crippen LogP contribution in [0.4, 0.5) is 0 Å². The van der Waals surface area contributed by atoms with Crippen LogP contribution in [0.15, 0.2) is 0 Å². The van der Waals surface area contributed by atoms with Gasteiger partial charge in [0.25, 0.3) is 0 Å². The monoisotopic (exact) mass is 1680 g/mol. The van der Waals surface area contributed by atoms with E-state index in [2.05, 4.69) is 20.1 Å². The molecule has 1 unspecified atom stereocenters. The molecule has 654 valence electrons. The highest BCUT2D eigenvalue weighted by Gasteiger charge is 2.62. The maximum Gasteiger partial charge on any atom is 0.397 e. The van der Waals surface area contributed by atoms with Gasteiger partial charge in [0.15, 0.2) is 62.7 Å². The van der Waals surface area contributed by atoms with Crippen LogP contribution >= 0.6 is 0 Å². The molecule has 0 aliphatic carbocycles. The third-order valence-corrected chi connectivity index (χ3v) is 20.5. The number of hydrogen-bond donors (Lipinski definition) is 28. The highest BCUT2D eigenvalue weighted by atomic mass is 32.3. The molecule has 0 radical (unpaired) electrons. The van der Waals surface area contributed by atoms with Crippen LogP contribution in [-0.4, -0.2) is 482 Å². The number of carbonyl (C=O) groups is 4. The average Bonchev–Trinajstić information content (AvgIpc) is 0.750. The van der Waals surface area contributed by atoms with E-state index in [1.165, 1.54) is 0 Å². The number of hydrogen-bond acceptors (Lipinski definition) is 47. The van der Waals surface area contributed by atoms with Gasteiger partial charge in [-0.25, -0.2) is 8.98 Å². The first-order chi connectivity index (χ1) is 53.1. The molecule has 9 saturated heterocycles. The van der Waals surface area contributed by atoms with Gasteiger partial charge in [0.2, 0.25) is 17.7 Å². The van der Waals surface area contributed by atoms with Gasteiger partial charge in [-0.1, -0.05) is 0 Å². The molecule has 28 N–H and O–H groups in total. The van der Waals surface area contributed by atoms with Gasteiger partial charge < -0.3 is 219 Å². The maximum absolute atomic E-state index is 13.1. The van der Waals surface area contributed by atoms with Gasteiger partial charge in [-0.2, -0.15) is 8.42 Å². The van der Waals surface area contributed by atoms with Crippen LogP contribution in [0, 0.1) is 0 Å². The molecule has 9 aliphatic rings. The number of aliphatic carboxylic acids is 1. The van der Waals surface area contributed by atoms with Gasteiger partial charge in [-0.3, -0.25) is 18.9 Å². The molecule has 0 aromatic heterocycles. The molecule has 52 nitrogen and oxygen atoms in total. The molecule has 0 bridgehead atoms. The van der Waals surface area contributed by atoms with E-state index in [-0.39, 0.29) is 0 Å². The topological polar surface area (TPSA) is 810 Å². The van der Waals surface area contributed by atoms with Crippen molar-refractivity contribution in [3.05, 3.63) is 0 Å². The van der Waals surface area contributed by atoms with Crippen LogP contribution in [-0.2, 0) is 114 Å². The van der Waals surface area contributed by atoms with Crippen molar-refractivity contribution >= 4 is 34.1 Å². The minimum absolute atomic E-state index is 0.884. The summed E-state index contributed by atoms with van der Waals surface area (Å²) in [6.07, 6.45) is -93.9. The molecule has 3 amide bonds. The number of carbonyl (C=O) groups excluding carboxylic acids is 3. The second kappa shape index (κ2) is 39.6. The second-order valence-electron chi connectivity index (χ2n) is 28.0. The third-order valence-electron chi connectivity index (χ3n) is 20.1. The maximum atomic E-state index is 13.1. The molecule has 53 heteroatoms. The van der Waals surface area contributed by atoms with Crippen molar-refractivity contribution in [2.24, 2.45) is 0 Å². The quantitative estimate of drug-likeness (QED) is 0.0309. The van der Waals surface area contributed by atoms with E-state index in [1.807, 2.05) is 0 Å². The molecule has 45 atom stereocenters. The molecule has 0 saturated carbocycles. The summed E-state index contributed by atoms with van der Waals surface area (Å²) >= 11 is 0. The lowest BCUT2D eigenvalue weighted by atomic mass is 9.93. The molecule has 9 rings (SSSR count). The first-order valence-electron chi connectivity index (χ1n) is 35.1. The van der Waals surface area contributed by atoms with Crippen LogP contribution < -0.4 is 16.0 Å². The van der Waals surface area contributed by atoms with E-state index >= 15 is 0 Å². The summed E-state index contributed by atoms with van der Waals surface area (Å²) in [6, 6.07) is -5.74. The Morgan fingerprint density at radius 3 is 1.25 bits per heavy atom. The van der Waals surface area contributed by atoms with Gasteiger partial charge in [-0.15, -0.1) is 0 Å². The fraction of sp³-hybridized carbons (Fsp3) is 0.933. The Labute approximate surface area is 637 Å². The summed E-state index contributed by atoms with van der Waals surface area (Å²) in [4.78, 5) is 50.6.